The van der Waals surface area contributed by atoms with Gasteiger partial charge in [0, 0.05) is 0 Å². The van der Waals surface area contributed by atoms with Crippen molar-refractivity contribution >= 4 is 23.9 Å². The molecule has 4 N–H and O–H groups in total. The maximum atomic E-state index is 9.63. The standard InChI is InChI=1S/2C4H6O6/c2*5-1(3(7)8)2(6)4(9)10/h2*1-2,5-6H,(H,7,8)(H,9,10)/p-4. The van der Waals surface area contributed by atoms with Crippen LogP contribution in [0.25, 0.3) is 0 Å². The van der Waals surface area contributed by atoms with Crippen molar-refractivity contribution in [3.63, 3.8) is 0 Å². The van der Waals surface area contributed by atoms with Crippen molar-refractivity contribution in [3.8, 4) is 0 Å². The summed E-state index contributed by atoms with van der Waals surface area (Å²) >= 11 is 0. The molecule has 0 saturated heterocycles. The van der Waals surface area contributed by atoms with Gasteiger partial charge in [0.2, 0.25) is 0 Å². The third-order valence-electron chi connectivity index (χ3n) is 1.56. The Morgan fingerprint density at radius 1 is 0.500 bits per heavy atom. The van der Waals surface area contributed by atoms with Gasteiger partial charge in [-0.3, -0.25) is 0 Å². The molecule has 0 aliphatic heterocycles. The number of carbonyl (C=O) groups excluding carboxylic acids is 4. The first-order valence-corrected chi connectivity index (χ1v) is 4.49. The fourth-order valence-electron chi connectivity index (χ4n) is 0.516. The van der Waals surface area contributed by atoms with Gasteiger partial charge in [0.15, 0.2) is 0 Å². The van der Waals surface area contributed by atoms with Gasteiger partial charge in [-0.1, -0.05) is 0 Å². The van der Waals surface area contributed by atoms with Crippen molar-refractivity contribution in [2.24, 2.45) is 0 Å². The first kappa shape index (κ1) is 20.0. The second kappa shape index (κ2) is 8.76. The topological polar surface area (TPSA) is 241 Å². The van der Waals surface area contributed by atoms with Crippen molar-refractivity contribution in [2.75, 3.05) is 0 Å². The summed E-state index contributed by atoms with van der Waals surface area (Å²) in [5, 5.41) is 71.5. The minimum Gasteiger partial charge on any atom is -0.547 e. The van der Waals surface area contributed by atoms with E-state index in [1.54, 1.807) is 0 Å². The van der Waals surface area contributed by atoms with Gasteiger partial charge in [0.05, 0.1) is 23.9 Å². The van der Waals surface area contributed by atoms with Crippen LogP contribution >= 0.6 is 0 Å². The second-order valence-electron chi connectivity index (χ2n) is 3.06. The Balaban J connectivity index is 0. The quantitative estimate of drug-likeness (QED) is 0.357. The van der Waals surface area contributed by atoms with Crippen LogP contribution in [0.4, 0.5) is 0 Å². The predicted molar refractivity (Wildman–Crippen MR) is 44.1 cm³/mol. The van der Waals surface area contributed by atoms with Crippen LogP contribution in [0.1, 0.15) is 0 Å². The monoisotopic (exact) mass is 296 g/mol. The molecule has 0 heterocycles. The minimum atomic E-state index is -2.44. The zero-order valence-electron chi connectivity index (χ0n) is 9.36. The van der Waals surface area contributed by atoms with Gasteiger partial charge >= 0.3 is 0 Å². The number of carbonyl (C=O) groups is 4. The van der Waals surface area contributed by atoms with Gasteiger partial charge in [-0.25, -0.2) is 0 Å². The molecule has 20 heavy (non-hydrogen) atoms. The van der Waals surface area contributed by atoms with E-state index < -0.39 is 48.3 Å². The van der Waals surface area contributed by atoms with Gasteiger partial charge in [-0.15, -0.1) is 0 Å². The Bertz CT molecular complexity index is 304. The Labute approximate surface area is 109 Å². The number of rotatable bonds is 6. The molecule has 0 aromatic heterocycles. The highest BCUT2D eigenvalue weighted by atomic mass is 16.4. The average molecular weight is 296 g/mol. The zero-order chi connectivity index (χ0) is 16.6. The van der Waals surface area contributed by atoms with Gasteiger partial charge in [-0.2, -0.15) is 0 Å². The predicted octanol–water partition coefficient (Wildman–Crippen LogP) is -9.58. The summed E-state index contributed by atoms with van der Waals surface area (Å²) in [6.07, 6.45) is -9.76. The van der Waals surface area contributed by atoms with Crippen LogP contribution in [0.3, 0.4) is 0 Å². The summed E-state index contributed by atoms with van der Waals surface area (Å²) in [6, 6.07) is 0. The number of carboxylic acids is 4. The lowest BCUT2D eigenvalue weighted by Gasteiger charge is -2.18. The van der Waals surface area contributed by atoms with E-state index >= 15 is 0 Å². The number of aliphatic carboxylic acids is 4. The summed E-state index contributed by atoms with van der Waals surface area (Å²) < 4.78 is 0. The molecular formula is C8H8O12-4. The van der Waals surface area contributed by atoms with Crippen LogP contribution in [0.2, 0.25) is 0 Å². The smallest absolute Gasteiger partial charge is 0.124 e. The fraction of sp³-hybridized carbons (Fsp3) is 0.500. The molecule has 0 fully saturated rings. The summed E-state index contributed by atoms with van der Waals surface area (Å²) in [5.41, 5.74) is 0. The summed E-state index contributed by atoms with van der Waals surface area (Å²) in [4.78, 5) is 38.5. The highest BCUT2D eigenvalue weighted by Crippen LogP contribution is 1.89. The van der Waals surface area contributed by atoms with E-state index in [-0.39, 0.29) is 0 Å². The second-order valence-corrected chi connectivity index (χ2v) is 3.06. The van der Waals surface area contributed by atoms with Crippen molar-refractivity contribution in [1.82, 2.24) is 0 Å². The Morgan fingerprint density at radius 2 is 0.600 bits per heavy atom. The molecule has 0 aromatic carbocycles. The van der Waals surface area contributed by atoms with E-state index in [1.807, 2.05) is 0 Å². The molecule has 0 aliphatic carbocycles. The number of hydrogen-bond acceptors (Lipinski definition) is 12. The first-order chi connectivity index (χ1) is 8.93. The summed E-state index contributed by atoms with van der Waals surface area (Å²) in [6.45, 7) is 0. The lowest BCUT2D eigenvalue weighted by molar-refractivity contribution is -0.333. The van der Waals surface area contributed by atoms with Gasteiger partial charge in [0.25, 0.3) is 0 Å². The molecular weight excluding hydrogens is 288 g/mol. The minimum absolute atomic E-state index is 2.06. The average Bonchev–Trinajstić information content (AvgIpc) is 2.35. The maximum Gasteiger partial charge on any atom is 0.124 e. The van der Waals surface area contributed by atoms with E-state index in [4.69, 9.17) is 20.4 Å². The van der Waals surface area contributed by atoms with Crippen LogP contribution < -0.4 is 20.4 Å². The van der Waals surface area contributed by atoms with E-state index in [2.05, 4.69) is 0 Å². The molecule has 0 amide bonds. The van der Waals surface area contributed by atoms with E-state index in [9.17, 15) is 39.6 Å². The number of hydrogen-bond donors (Lipinski definition) is 4. The third-order valence-corrected chi connectivity index (χ3v) is 1.56. The van der Waals surface area contributed by atoms with Crippen LogP contribution in [0.15, 0.2) is 0 Å². The Hall–Kier alpha value is -2.28. The summed E-state index contributed by atoms with van der Waals surface area (Å²) in [5.74, 6) is -8.23. The molecule has 0 rings (SSSR count). The Morgan fingerprint density at radius 3 is 0.650 bits per heavy atom. The third kappa shape index (κ3) is 7.22. The van der Waals surface area contributed by atoms with Crippen molar-refractivity contribution < 1.29 is 60.0 Å². The molecule has 0 bridgehead atoms. The van der Waals surface area contributed by atoms with E-state index in [1.165, 1.54) is 0 Å². The lowest BCUT2D eigenvalue weighted by atomic mass is 10.2. The first-order valence-electron chi connectivity index (χ1n) is 4.49. The highest BCUT2D eigenvalue weighted by molar-refractivity contribution is 5.81. The molecule has 12 nitrogen and oxygen atoms in total. The van der Waals surface area contributed by atoms with Crippen molar-refractivity contribution in [2.45, 2.75) is 24.4 Å². The SMILES string of the molecule is O=C([O-])C(O)C(O)C(=O)[O-].O=C([O-])C(O)C(O)C(=O)[O-]. The van der Waals surface area contributed by atoms with Crippen molar-refractivity contribution in [1.29, 1.82) is 0 Å². The van der Waals surface area contributed by atoms with Crippen LogP contribution in [-0.2, 0) is 19.2 Å². The van der Waals surface area contributed by atoms with Gasteiger partial charge in [-0.05, 0) is 0 Å². The zero-order valence-corrected chi connectivity index (χ0v) is 9.36. The molecule has 12 heteroatoms. The van der Waals surface area contributed by atoms with E-state index in [0.29, 0.717) is 0 Å². The number of aliphatic hydroxyl groups is 4. The maximum absolute atomic E-state index is 9.63. The lowest BCUT2D eigenvalue weighted by Crippen LogP contribution is -2.51. The number of carboxylic acid groups (broad SMARTS) is 4. The van der Waals surface area contributed by atoms with Gasteiger partial charge < -0.3 is 60.0 Å². The fourth-order valence-corrected chi connectivity index (χ4v) is 0.516. The molecule has 0 aliphatic rings. The largest absolute Gasteiger partial charge is 0.547 e. The van der Waals surface area contributed by atoms with Crippen LogP contribution in [0.5, 0.6) is 0 Å². The molecule has 0 spiro atoms. The van der Waals surface area contributed by atoms with Crippen molar-refractivity contribution in [3.05, 3.63) is 0 Å². The van der Waals surface area contributed by atoms with E-state index in [0.717, 1.165) is 0 Å². The highest BCUT2D eigenvalue weighted by Gasteiger charge is 2.18. The Kier molecular flexibility index (Phi) is 8.78. The molecule has 4 atom stereocenters. The van der Waals surface area contributed by atoms with Gasteiger partial charge in [0.1, 0.15) is 24.4 Å². The summed E-state index contributed by atoms with van der Waals surface area (Å²) in [7, 11) is 0. The number of aliphatic hydroxyl groups excluding tert-OH is 4. The molecule has 4 unspecified atom stereocenters. The molecule has 0 aromatic rings. The van der Waals surface area contributed by atoms with Crippen LogP contribution in [-0.4, -0.2) is 68.7 Å². The van der Waals surface area contributed by atoms with Crippen LogP contribution in [0, 0.1) is 0 Å². The molecule has 0 saturated carbocycles. The molecule has 116 valence electrons. The normalized spacial score (nSPS) is 15.8. The molecule has 0 radical (unpaired) electrons.